The Balaban J connectivity index is 1.55. The van der Waals surface area contributed by atoms with Crippen molar-refractivity contribution < 1.29 is 0 Å². The number of aromatic nitrogens is 2. The number of benzene rings is 1. The van der Waals surface area contributed by atoms with E-state index in [0.717, 1.165) is 31.8 Å². The highest BCUT2D eigenvalue weighted by Gasteiger charge is 2.24. The molecular formula is C23H27N3S. The van der Waals surface area contributed by atoms with Gasteiger partial charge in [-0.2, -0.15) is 0 Å². The molecule has 1 aromatic carbocycles. The number of hydrogen-bond donors (Lipinski definition) is 0. The van der Waals surface area contributed by atoms with Gasteiger partial charge in [0.2, 0.25) is 0 Å². The van der Waals surface area contributed by atoms with Gasteiger partial charge in [-0.05, 0) is 56.1 Å². The summed E-state index contributed by atoms with van der Waals surface area (Å²) < 4.78 is 0. The van der Waals surface area contributed by atoms with Crippen LogP contribution in [-0.4, -0.2) is 23.1 Å². The summed E-state index contributed by atoms with van der Waals surface area (Å²) in [7, 11) is 0. The van der Waals surface area contributed by atoms with E-state index in [9.17, 15) is 0 Å². The second-order valence-electron chi connectivity index (χ2n) is 7.89. The molecule has 0 N–H and O–H groups in total. The maximum Gasteiger partial charge on any atom is 0.141 e. The first-order valence-electron chi connectivity index (χ1n) is 10.5. The molecule has 1 saturated heterocycles. The van der Waals surface area contributed by atoms with Crippen molar-refractivity contribution in [1.29, 1.82) is 0 Å². The molecule has 5 rings (SSSR count). The van der Waals surface area contributed by atoms with Crippen LogP contribution in [0.4, 0.5) is 5.82 Å². The highest BCUT2D eigenvalue weighted by molar-refractivity contribution is 7.19. The van der Waals surface area contributed by atoms with Crippen molar-refractivity contribution in [2.24, 2.45) is 0 Å². The van der Waals surface area contributed by atoms with Gasteiger partial charge in [0.05, 0.1) is 5.39 Å². The van der Waals surface area contributed by atoms with Crippen LogP contribution < -0.4 is 4.90 Å². The zero-order valence-electron chi connectivity index (χ0n) is 15.9. The maximum absolute atomic E-state index is 5.13. The van der Waals surface area contributed by atoms with Gasteiger partial charge in [-0.25, -0.2) is 9.97 Å². The SMILES string of the molecule is c1ccc(CCc2nc(N3CCCC3)c3c4c(sc3n2)CCCCC4)cc1. The Hall–Kier alpha value is -1.94. The molecule has 0 spiro atoms. The number of rotatable bonds is 4. The normalized spacial score (nSPS) is 17.3. The lowest BCUT2D eigenvalue weighted by Gasteiger charge is -2.19. The van der Waals surface area contributed by atoms with Crippen LogP contribution in [0.15, 0.2) is 30.3 Å². The van der Waals surface area contributed by atoms with Crippen molar-refractivity contribution in [3.8, 4) is 0 Å². The summed E-state index contributed by atoms with van der Waals surface area (Å²) in [5.74, 6) is 2.25. The minimum absolute atomic E-state index is 0.920. The van der Waals surface area contributed by atoms with E-state index in [1.165, 1.54) is 66.5 Å². The fourth-order valence-corrected chi connectivity index (χ4v) is 5.80. The van der Waals surface area contributed by atoms with E-state index in [1.54, 1.807) is 10.4 Å². The van der Waals surface area contributed by atoms with E-state index in [4.69, 9.17) is 9.97 Å². The van der Waals surface area contributed by atoms with Crippen LogP contribution in [0, 0.1) is 0 Å². The second-order valence-corrected chi connectivity index (χ2v) is 8.97. The lowest BCUT2D eigenvalue weighted by molar-refractivity contribution is 0.713. The summed E-state index contributed by atoms with van der Waals surface area (Å²) >= 11 is 1.94. The number of hydrogen-bond acceptors (Lipinski definition) is 4. The number of thiophene rings is 1. The van der Waals surface area contributed by atoms with Crippen LogP contribution >= 0.6 is 11.3 Å². The first-order chi connectivity index (χ1) is 13.4. The predicted molar refractivity (Wildman–Crippen MR) is 114 cm³/mol. The second kappa shape index (κ2) is 7.59. The van der Waals surface area contributed by atoms with E-state index >= 15 is 0 Å². The number of nitrogens with zero attached hydrogens (tertiary/aromatic N) is 3. The van der Waals surface area contributed by atoms with Gasteiger partial charge in [0.1, 0.15) is 16.5 Å². The molecule has 2 aliphatic rings. The quantitative estimate of drug-likeness (QED) is 0.574. The molecule has 140 valence electrons. The van der Waals surface area contributed by atoms with E-state index in [-0.39, 0.29) is 0 Å². The van der Waals surface area contributed by atoms with Crippen LogP contribution in [0.1, 0.15) is 53.9 Å². The summed E-state index contributed by atoms with van der Waals surface area (Å²) in [5, 5.41) is 1.39. The van der Waals surface area contributed by atoms with Crippen molar-refractivity contribution in [3.05, 3.63) is 52.2 Å². The van der Waals surface area contributed by atoms with Crippen LogP contribution in [0.5, 0.6) is 0 Å². The highest BCUT2D eigenvalue weighted by atomic mass is 32.1. The van der Waals surface area contributed by atoms with E-state index in [0.29, 0.717) is 0 Å². The number of aryl methyl sites for hydroxylation is 4. The molecule has 1 fully saturated rings. The molecule has 3 heterocycles. The van der Waals surface area contributed by atoms with Gasteiger partial charge in [0, 0.05) is 24.4 Å². The molecule has 4 heteroatoms. The molecule has 27 heavy (non-hydrogen) atoms. The molecule has 3 nitrogen and oxygen atoms in total. The van der Waals surface area contributed by atoms with Crippen molar-refractivity contribution in [2.45, 2.75) is 57.8 Å². The summed E-state index contributed by atoms with van der Waals surface area (Å²) in [6.07, 6.45) is 11.0. The topological polar surface area (TPSA) is 29.0 Å². The van der Waals surface area contributed by atoms with Gasteiger partial charge in [-0.15, -0.1) is 11.3 Å². The first kappa shape index (κ1) is 17.2. The van der Waals surface area contributed by atoms with Crippen molar-refractivity contribution in [3.63, 3.8) is 0 Å². The molecule has 3 aromatic rings. The molecule has 0 radical (unpaired) electrons. The van der Waals surface area contributed by atoms with Gasteiger partial charge < -0.3 is 4.90 Å². The van der Waals surface area contributed by atoms with Crippen LogP contribution in [0.25, 0.3) is 10.2 Å². The molecular weight excluding hydrogens is 350 g/mol. The average Bonchev–Trinajstić information content (AvgIpc) is 3.30. The van der Waals surface area contributed by atoms with E-state index < -0.39 is 0 Å². The van der Waals surface area contributed by atoms with Crippen molar-refractivity contribution in [2.75, 3.05) is 18.0 Å². The number of anilines is 1. The Morgan fingerprint density at radius 2 is 1.67 bits per heavy atom. The largest absolute Gasteiger partial charge is 0.356 e. The number of fused-ring (bicyclic) bond motifs is 3. The molecule has 0 bridgehead atoms. The zero-order valence-corrected chi connectivity index (χ0v) is 16.7. The molecule has 1 aliphatic carbocycles. The first-order valence-corrected chi connectivity index (χ1v) is 11.3. The Kier molecular flexibility index (Phi) is 4.83. The predicted octanol–water partition coefficient (Wildman–Crippen LogP) is 5.35. The average molecular weight is 378 g/mol. The van der Waals surface area contributed by atoms with Gasteiger partial charge in [0.25, 0.3) is 0 Å². The maximum atomic E-state index is 5.13. The van der Waals surface area contributed by atoms with Gasteiger partial charge in [-0.1, -0.05) is 36.8 Å². The zero-order chi connectivity index (χ0) is 18.1. The molecule has 0 unspecified atom stereocenters. The van der Waals surface area contributed by atoms with E-state index in [2.05, 4.69) is 35.2 Å². The summed E-state index contributed by atoms with van der Waals surface area (Å²) in [6, 6.07) is 10.7. The standard InChI is InChI=1S/C23H27N3S/c1-3-9-17(10-4-1)13-14-20-24-22(26-15-7-8-16-26)21-18-11-5-2-6-12-19(18)27-23(21)25-20/h1,3-4,9-10H,2,5-8,11-16H2. The smallest absolute Gasteiger partial charge is 0.141 e. The Morgan fingerprint density at radius 1 is 0.852 bits per heavy atom. The molecule has 0 atom stereocenters. The molecule has 0 saturated carbocycles. The lowest BCUT2D eigenvalue weighted by atomic mass is 10.1. The fraction of sp³-hybridized carbons (Fsp3) is 0.478. The van der Waals surface area contributed by atoms with Gasteiger partial charge in [0.15, 0.2) is 0 Å². The minimum atomic E-state index is 0.920. The van der Waals surface area contributed by atoms with E-state index in [1.807, 2.05) is 11.3 Å². The summed E-state index contributed by atoms with van der Waals surface area (Å²) in [5.41, 5.74) is 2.94. The summed E-state index contributed by atoms with van der Waals surface area (Å²) in [6.45, 7) is 2.30. The van der Waals surface area contributed by atoms with Gasteiger partial charge in [-0.3, -0.25) is 0 Å². The van der Waals surface area contributed by atoms with Crippen LogP contribution in [0.2, 0.25) is 0 Å². The fourth-order valence-electron chi connectivity index (χ4n) is 4.53. The lowest BCUT2D eigenvalue weighted by Crippen LogP contribution is -2.20. The monoisotopic (exact) mass is 377 g/mol. The van der Waals surface area contributed by atoms with Crippen LogP contribution in [0.3, 0.4) is 0 Å². The molecule has 2 aromatic heterocycles. The van der Waals surface area contributed by atoms with Crippen molar-refractivity contribution in [1.82, 2.24) is 9.97 Å². The Morgan fingerprint density at radius 3 is 2.52 bits per heavy atom. The van der Waals surface area contributed by atoms with Crippen LogP contribution in [-0.2, 0) is 25.7 Å². The molecule has 0 amide bonds. The third-order valence-corrected chi connectivity index (χ3v) is 7.16. The third-order valence-electron chi connectivity index (χ3n) is 5.98. The molecule has 1 aliphatic heterocycles. The minimum Gasteiger partial charge on any atom is -0.356 e. The Labute approximate surface area is 165 Å². The summed E-state index contributed by atoms with van der Waals surface area (Å²) in [4.78, 5) is 15.5. The van der Waals surface area contributed by atoms with Crippen molar-refractivity contribution >= 4 is 27.4 Å². The third kappa shape index (κ3) is 3.47. The Bertz CT molecular complexity index is 926. The highest BCUT2D eigenvalue weighted by Crippen LogP contribution is 2.40. The van der Waals surface area contributed by atoms with Gasteiger partial charge >= 0.3 is 0 Å².